The van der Waals surface area contributed by atoms with Crippen LogP contribution in [-0.2, 0) is 19.9 Å². The van der Waals surface area contributed by atoms with Gasteiger partial charge in [0.05, 0.1) is 6.61 Å². The molecule has 0 N–H and O–H groups in total. The van der Waals surface area contributed by atoms with Gasteiger partial charge in [-0.2, -0.15) is 0 Å². The van der Waals surface area contributed by atoms with Crippen LogP contribution >= 0.6 is 0 Å². The van der Waals surface area contributed by atoms with E-state index in [2.05, 4.69) is 6.92 Å². The van der Waals surface area contributed by atoms with Crippen molar-refractivity contribution in [1.29, 1.82) is 0 Å². The van der Waals surface area contributed by atoms with Crippen molar-refractivity contribution in [2.45, 2.75) is 31.5 Å². The molecule has 0 bridgehead atoms. The lowest BCUT2D eigenvalue weighted by molar-refractivity contribution is -0.145. The number of carbonyl (C=O) groups is 1. The minimum Gasteiger partial charge on any atom is -0.464 e. The van der Waals surface area contributed by atoms with Crippen LogP contribution in [-0.4, -0.2) is 18.7 Å². The fraction of sp³-hybridized carbons (Fsp3) is 0.316. The molecular weight excluding hydrogens is 276 g/mol. The predicted molar refractivity (Wildman–Crippen MR) is 84.4 cm³/mol. The molecule has 0 aliphatic carbocycles. The van der Waals surface area contributed by atoms with Crippen molar-refractivity contribution in [1.82, 2.24) is 0 Å². The van der Waals surface area contributed by atoms with Gasteiger partial charge in [-0.1, -0.05) is 74.0 Å². The lowest BCUT2D eigenvalue weighted by atomic mass is 9.88. The van der Waals surface area contributed by atoms with Crippen LogP contribution in [0.3, 0.4) is 0 Å². The maximum atomic E-state index is 12.3. The van der Waals surface area contributed by atoms with Gasteiger partial charge in [0.15, 0.2) is 11.7 Å². The average molecular weight is 296 g/mol. The fourth-order valence-corrected chi connectivity index (χ4v) is 2.74. The number of ether oxygens (including phenoxy) is 2. The molecule has 2 aromatic carbocycles. The summed E-state index contributed by atoms with van der Waals surface area (Å²) in [7, 11) is 0. The van der Waals surface area contributed by atoms with Crippen LogP contribution in [0.1, 0.15) is 30.9 Å². The molecule has 1 heterocycles. The molecule has 22 heavy (non-hydrogen) atoms. The molecule has 0 spiro atoms. The van der Waals surface area contributed by atoms with Crippen molar-refractivity contribution >= 4 is 5.97 Å². The van der Waals surface area contributed by atoms with Crippen molar-refractivity contribution in [3.63, 3.8) is 0 Å². The number of rotatable bonds is 6. The third-order valence-electron chi connectivity index (χ3n) is 3.98. The average Bonchev–Trinajstić information content (AvgIpc) is 3.34. The minimum absolute atomic E-state index is 0.277. The first kappa shape index (κ1) is 14.8. The number of hydrogen-bond donors (Lipinski definition) is 0. The molecule has 0 aromatic heterocycles. The summed E-state index contributed by atoms with van der Waals surface area (Å²) in [6, 6.07) is 19.7. The summed E-state index contributed by atoms with van der Waals surface area (Å²) in [6.07, 6.45) is 1.32. The zero-order chi connectivity index (χ0) is 15.4. The third kappa shape index (κ3) is 2.64. The van der Waals surface area contributed by atoms with Crippen molar-refractivity contribution in [3.8, 4) is 0 Å². The van der Waals surface area contributed by atoms with Gasteiger partial charge in [0, 0.05) is 0 Å². The Bertz CT molecular complexity index is 582. The fourth-order valence-electron chi connectivity index (χ4n) is 2.74. The van der Waals surface area contributed by atoms with E-state index in [0.29, 0.717) is 6.61 Å². The Morgan fingerprint density at radius 1 is 1.05 bits per heavy atom. The van der Waals surface area contributed by atoms with E-state index in [1.807, 2.05) is 60.7 Å². The summed E-state index contributed by atoms with van der Waals surface area (Å²) >= 11 is 0. The molecule has 114 valence electrons. The maximum absolute atomic E-state index is 12.3. The van der Waals surface area contributed by atoms with Crippen LogP contribution < -0.4 is 0 Å². The topological polar surface area (TPSA) is 38.8 Å². The molecule has 2 aromatic rings. The molecule has 1 saturated heterocycles. The van der Waals surface area contributed by atoms with Crippen LogP contribution in [0, 0.1) is 0 Å². The summed E-state index contributed by atoms with van der Waals surface area (Å²) < 4.78 is 11.2. The molecular formula is C19H20O3. The Labute approximate surface area is 130 Å². The minimum atomic E-state index is -0.703. The van der Waals surface area contributed by atoms with Gasteiger partial charge in [-0.15, -0.1) is 0 Å². The van der Waals surface area contributed by atoms with Gasteiger partial charge >= 0.3 is 5.97 Å². The highest BCUT2D eigenvalue weighted by molar-refractivity contribution is 5.81. The van der Waals surface area contributed by atoms with Gasteiger partial charge in [0.25, 0.3) is 0 Å². The van der Waals surface area contributed by atoms with E-state index >= 15 is 0 Å². The molecule has 3 heteroatoms. The molecule has 0 saturated carbocycles. The highest BCUT2D eigenvalue weighted by Crippen LogP contribution is 2.52. The largest absolute Gasteiger partial charge is 0.464 e. The quantitative estimate of drug-likeness (QED) is 0.464. The zero-order valence-electron chi connectivity index (χ0n) is 12.7. The number of unbranched alkanes of at least 4 members (excludes halogenated alkanes) is 1. The highest BCUT2D eigenvalue weighted by atomic mass is 16.7. The van der Waals surface area contributed by atoms with E-state index < -0.39 is 11.7 Å². The van der Waals surface area contributed by atoms with Crippen molar-refractivity contribution in [2.24, 2.45) is 0 Å². The van der Waals surface area contributed by atoms with E-state index in [1.165, 1.54) is 0 Å². The second kappa shape index (κ2) is 6.32. The van der Waals surface area contributed by atoms with Crippen LogP contribution in [0.4, 0.5) is 0 Å². The standard InChI is InChI=1S/C19H20O3/c1-2-3-14-21-18(20)17-19(22-17,15-10-6-4-7-11-15)16-12-8-5-9-13-16/h4-13,17H,2-3,14H2,1H3. The highest BCUT2D eigenvalue weighted by Gasteiger charge is 2.63. The van der Waals surface area contributed by atoms with Crippen LogP contribution in [0.2, 0.25) is 0 Å². The van der Waals surface area contributed by atoms with E-state index in [-0.39, 0.29) is 5.97 Å². The monoisotopic (exact) mass is 296 g/mol. The van der Waals surface area contributed by atoms with Crippen molar-refractivity contribution in [2.75, 3.05) is 6.61 Å². The smallest absolute Gasteiger partial charge is 0.339 e. The second-order valence-corrected chi connectivity index (χ2v) is 5.49. The van der Waals surface area contributed by atoms with Gasteiger partial charge in [0.2, 0.25) is 0 Å². The van der Waals surface area contributed by atoms with Crippen molar-refractivity contribution < 1.29 is 14.3 Å². The molecule has 3 rings (SSSR count). The number of epoxide rings is 1. The third-order valence-corrected chi connectivity index (χ3v) is 3.98. The molecule has 1 fully saturated rings. The van der Waals surface area contributed by atoms with Crippen LogP contribution in [0.5, 0.6) is 0 Å². The molecule has 1 atom stereocenters. The van der Waals surface area contributed by atoms with E-state index in [9.17, 15) is 4.79 Å². The zero-order valence-corrected chi connectivity index (χ0v) is 12.7. The summed E-state index contributed by atoms with van der Waals surface area (Å²) in [5, 5.41) is 0. The first-order chi connectivity index (χ1) is 10.8. The Balaban J connectivity index is 1.87. The van der Waals surface area contributed by atoms with E-state index in [0.717, 1.165) is 24.0 Å². The van der Waals surface area contributed by atoms with Crippen molar-refractivity contribution in [3.05, 3.63) is 71.8 Å². The van der Waals surface area contributed by atoms with Gasteiger partial charge in [0.1, 0.15) is 0 Å². The van der Waals surface area contributed by atoms with Gasteiger partial charge in [-0.3, -0.25) is 0 Å². The first-order valence-electron chi connectivity index (χ1n) is 7.74. The predicted octanol–water partition coefficient (Wildman–Crippen LogP) is 3.67. The maximum Gasteiger partial charge on any atom is 0.339 e. The van der Waals surface area contributed by atoms with Gasteiger partial charge in [-0.05, 0) is 17.5 Å². The second-order valence-electron chi connectivity index (χ2n) is 5.49. The number of hydrogen-bond acceptors (Lipinski definition) is 3. The van der Waals surface area contributed by atoms with E-state index in [4.69, 9.17) is 9.47 Å². The Morgan fingerprint density at radius 2 is 1.59 bits per heavy atom. The number of esters is 1. The Kier molecular flexibility index (Phi) is 4.25. The van der Waals surface area contributed by atoms with E-state index in [1.54, 1.807) is 0 Å². The summed E-state index contributed by atoms with van der Waals surface area (Å²) in [5.41, 5.74) is 1.27. The lowest BCUT2D eigenvalue weighted by Gasteiger charge is -2.14. The first-order valence-corrected chi connectivity index (χ1v) is 7.74. The molecule has 1 aliphatic heterocycles. The normalized spacial score (nSPS) is 18.7. The molecule has 0 radical (unpaired) electrons. The Hall–Kier alpha value is -2.13. The molecule has 0 amide bonds. The summed E-state index contributed by atoms with van der Waals surface area (Å²) in [4.78, 5) is 12.3. The lowest BCUT2D eigenvalue weighted by Crippen LogP contribution is -2.22. The SMILES string of the molecule is CCCCOC(=O)C1OC1(c1ccccc1)c1ccccc1. The molecule has 1 unspecified atom stereocenters. The number of carbonyl (C=O) groups excluding carboxylic acids is 1. The molecule has 3 nitrogen and oxygen atoms in total. The summed E-state index contributed by atoms with van der Waals surface area (Å²) in [6.45, 7) is 2.52. The van der Waals surface area contributed by atoms with Gasteiger partial charge in [-0.25, -0.2) is 4.79 Å². The number of benzene rings is 2. The van der Waals surface area contributed by atoms with Gasteiger partial charge < -0.3 is 9.47 Å². The van der Waals surface area contributed by atoms with Crippen LogP contribution in [0.25, 0.3) is 0 Å². The van der Waals surface area contributed by atoms with Crippen LogP contribution in [0.15, 0.2) is 60.7 Å². The Morgan fingerprint density at radius 3 is 2.09 bits per heavy atom. The molecule has 1 aliphatic rings. The summed E-state index contributed by atoms with van der Waals surface area (Å²) in [5.74, 6) is -0.277.